The second-order valence-electron chi connectivity index (χ2n) is 30.5. The van der Waals surface area contributed by atoms with E-state index in [9.17, 15) is 69.9 Å². The normalized spacial score (nSPS) is 26.4. The molecule has 2 fully saturated rings. The lowest BCUT2D eigenvalue weighted by Gasteiger charge is -2.47. The van der Waals surface area contributed by atoms with Crippen LogP contribution in [0.2, 0.25) is 5.02 Å². The minimum atomic E-state index is -2.33. The molecule has 18 atom stereocenters. The number of terminal acetylenes is 1. The Bertz CT molecular complexity index is 5090. The van der Waals surface area contributed by atoms with E-state index in [0.717, 1.165) is 65.7 Å². The summed E-state index contributed by atoms with van der Waals surface area (Å²) in [5, 5.41) is 129. The number of phenolic OH excluding ortho intramolecular Hbond substituents is 3. The molecule has 22 N–H and O–H groups in total. The number of nitrogens with one attached hydrogen (secondary N) is 9. The fraction of sp³-hybridized carbons (Fsp3) is 0.369. The van der Waals surface area contributed by atoms with Gasteiger partial charge in [0.05, 0.1) is 36.3 Å². The molecule has 0 aromatic heterocycles. The molecule has 0 saturated carbocycles. The first-order valence-electron chi connectivity index (χ1n) is 38.4. The zero-order chi connectivity index (χ0) is 86.5. The number of carbonyl (C=O) groups excluding carboxylic acids is 9. The standard InChI is InChI=1S/C84H92ClN11O24/c1-7-39-9-11-40(12-10-39)41-13-15-43(16-14-41)75(107)89-25-8-26-90-78(110)65-50-32-47(98)33-55(100)62(50)49-28-44(19-23-54(49)99)63-79(111)96-67(82(114)94-65)69(103)45-20-24-56(51(85)29-45)117-58-31-46-30-57(72(58)120-83-73(71(105)70(104)59(36-97)118-83)119-61-35-84(5,87)74(106)38(4)115-61)116-48-21-17-42(18-22-48)68(102)66(95-76(108)52(88-6)27-37(2)3)81(113)91-53(34-60(86)101)77(109)92-64(46)80(112)93-63/h1,9-24,28-33,37-38,52-53,59,61,63-71,73-74,83,88,97-100,102-106H,8,25-27,34-36,87H2,2-6H3,(H2,86,101)(H,89,107)(H,90,110)(H,91,113)(H,92,109)(H,93,112)(H,94,114)(H,95,108)(H,96,111)/t38-,52+,53-,59+,61?,63+,64?,65?,66+,67-,68+,69+,70+,71-,73+,74+,83-,84-/m0/s1. The first kappa shape index (κ1) is 87.3. The van der Waals surface area contributed by atoms with Crippen LogP contribution < -0.4 is 73.5 Å². The Morgan fingerprint density at radius 3 is 1.98 bits per heavy atom. The maximum Gasteiger partial charge on any atom is 0.251 e. The van der Waals surface area contributed by atoms with E-state index in [0.29, 0.717) is 11.1 Å². The molecule has 7 aromatic carbocycles. The Balaban J connectivity index is 0.991. The Labute approximate surface area is 691 Å². The van der Waals surface area contributed by atoms with Gasteiger partial charge in [-0.2, -0.15) is 0 Å². The average Bonchev–Trinajstić information content (AvgIpc) is 0.768. The van der Waals surface area contributed by atoms with E-state index in [2.05, 4.69) is 53.8 Å². The molecule has 35 nitrogen and oxygen atoms in total. The monoisotopic (exact) mass is 1670 g/mol. The number of rotatable bonds is 19. The van der Waals surface area contributed by atoms with E-state index in [4.69, 9.17) is 57.9 Å². The van der Waals surface area contributed by atoms with Crippen molar-refractivity contribution in [3.8, 4) is 80.6 Å². The van der Waals surface area contributed by atoms with Gasteiger partial charge in [-0.25, -0.2) is 0 Å². The van der Waals surface area contributed by atoms with Gasteiger partial charge in [0.2, 0.25) is 59.3 Å². The number of nitrogens with two attached hydrogens (primary N) is 2. The molecule has 7 aromatic rings. The van der Waals surface area contributed by atoms with Crippen LogP contribution in [0.1, 0.15) is 127 Å². The number of ether oxygens (including phenoxy) is 6. The summed E-state index contributed by atoms with van der Waals surface area (Å²) in [6.45, 7) is 5.49. The smallest absolute Gasteiger partial charge is 0.251 e. The van der Waals surface area contributed by atoms with Crippen molar-refractivity contribution in [1.29, 1.82) is 0 Å². The van der Waals surface area contributed by atoms with Crippen molar-refractivity contribution in [1.82, 2.24) is 47.9 Å². The third-order valence-electron chi connectivity index (χ3n) is 21.2. The molecule has 2 saturated heterocycles. The average molecular weight is 1680 g/mol. The van der Waals surface area contributed by atoms with Gasteiger partial charge in [0.15, 0.2) is 23.9 Å². The number of primary amides is 1. The minimum absolute atomic E-state index is 0.0149. The molecule has 14 rings (SSSR count). The summed E-state index contributed by atoms with van der Waals surface area (Å²) in [6, 6.07) is 15.9. The Morgan fingerprint density at radius 1 is 0.692 bits per heavy atom. The number of hydrogen-bond donors (Lipinski definition) is 20. The van der Waals surface area contributed by atoms with Crippen LogP contribution in [0.15, 0.2) is 133 Å². The van der Waals surface area contributed by atoms with Crippen LogP contribution in [0.5, 0.6) is 46.0 Å². The van der Waals surface area contributed by atoms with Gasteiger partial charge in [-0.05, 0) is 157 Å². The highest BCUT2D eigenvalue weighted by Crippen LogP contribution is 2.49. The maximum absolute atomic E-state index is 16.3. The second-order valence-corrected chi connectivity index (χ2v) is 30.9. The molecule has 0 radical (unpaired) electrons. The summed E-state index contributed by atoms with van der Waals surface area (Å²) in [6.07, 6.45) is -12.8. The Morgan fingerprint density at radius 2 is 1.33 bits per heavy atom. The van der Waals surface area contributed by atoms with Gasteiger partial charge in [-0.15, -0.1) is 6.42 Å². The number of aromatic hydroxyl groups is 3. The van der Waals surface area contributed by atoms with Gasteiger partial charge >= 0.3 is 0 Å². The Hall–Kier alpha value is -12.0. The number of phenols is 3. The maximum atomic E-state index is 16.3. The molecular formula is C84H92ClN11O24. The number of likely N-dealkylation sites (N-methyl/N-ethyl adjacent to an activating group) is 1. The van der Waals surface area contributed by atoms with Crippen LogP contribution >= 0.6 is 11.6 Å². The highest BCUT2D eigenvalue weighted by atomic mass is 35.5. The molecule has 36 heteroatoms. The van der Waals surface area contributed by atoms with Gasteiger partial charge < -0.3 is 134 Å². The molecule has 11 bridgehead atoms. The largest absolute Gasteiger partial charge is 0.508 e. The van der Waals surface area contributed by atoms with Gasteiger partial charge in [0.1, 0.15) is 95.5 Å². The van der Waals surface area contributed by atoms with Crippen LogP contribution in [0.3, 0.4) is 0 Å². The van der Waals surface area contributed by atoms with Crippen LogP contribution in [-0.2, 0) is 52.6 Å². The third-order valence-corrected chi connectivity index (χ3v) is 21.5. The number of benzene rings is 7. The van der Waals surface area contributed by atoms with E-state index < -0.39 is 237 Å². The first-order valence-corrected chi connectivity index (χ1v) is 38.8. The molecule has 634 valence electrons. The number of carbonyl (C=O) groups is 9. The number of amides is 9. The predicted octanol–water partition coefficient (Wildman–Crippen LogP) is 1.95. The quantitative estimate of drug-likeness (QED) is 0.0406. The molecule has 7 heterocycles. The van der Waals surface area contributed by atoms with Gasteiger partial charge in [-0.1, -0.05) is 79.9 Å². The van der Waals surface area contributed by atoms with Gasteiger partial charge in [0.25, 0.3) is 5.91 Å². The number of aliphatic hydroxyl groups is 6. The lowest BCUT2D eigenvalue weighted by molar-refractivity contribution is -0.333. The van der Waals surface area contributed by atoms with E-state index in [1.165, 1.54) is 51.2 Å². The SMILES string of the molecule is C#Cc1ccc(-c2ccc(C(=O)NCCCNC(=O)C3NC(=O)[C@H]4NC(=O)[C@H](NC(=O)C5NC(=O)[C@H](CC(N)=O)NC(=O)[C@H](NC(=O)[C@@H](CC(C)C)NC)[C@H](O)c6ccc(cc6)Oc6cc5cc(c6O[C@@H]5O[C@H](CO)[C@@H](O)[C@H](O)[C@H]5OC5C[C@](C)(N)[C@H](O)[C@H](C)O5)Oc5ccc(cc5Cl)[C@H]4O)c4ccc(O)c(c4)-c4c(O)cc(O)cc43)cc2)cc1. The van der Waals surface area contributed by atoms with Crippen molar-refractivity contribution in [2.24, 2.45) is 17.4 Å². The summed E-state index contributed by atoms with van der Waals surface area (Å²) in [7, 11) is 1.49. The fourth-order valence-corrected chi connectivity index (χ4v) is 15.0. The molecule has 0 spiro atoms. The number of aliphatic hydroxyl groups excluding tert-OH is 6. The van der Waals surface area contributed by atoms with Crippen molar-refractivity contribution in [2.75, 3.05) is 26.7 Å². The van der Waals surface area contributed by atoms with Crippen molar-refractivity contribution in [3.05, 3.63) is 177 Å². The number of halogens is 1. The summed E-state index contributed by atoms with van der Waals surface area (Å²) >= 11 is 7.19. The number of fused-ring (bicyclic) bond motifs is 15. The van der Waals surface area contributed by atoms with Crippen LogP contribution in [0.4, 0.5) is 0 Å². The summed E-state index contributed by atoms with van der Waals surface area (Å²) < 4.78 is 38.7. The van der Waals surface area contributed by atoms with Crippen molar-refractivity contribution in [3.63, 3.8) is 0 Å². The van der Waals surface area contributed by atoms with Crippen molar-refractivity contribution < 1.29 is 118 Å². The minimum Gasteiger partial charge on any atom is -0.508 e. The molecule has 0 aliphatic carbocycles. The molecule has 7 aliphatic heterocycles. The summed E-state index contributed by atoms with van der Waals surface area (Å²) in [4.78, 5) is 134. The topological polar surface area (TPSA) is 551 Å². The highest BCUT2D eigenvalue weighted by Gasteiger charge is 2.52. The van der Waals surface area contributed by atoms with E-state index in [-0.39, 0.29) is 66.5 Å². The second kappa shape index (κ2) is 37.1. The fourth-order valence-electron chi connectivity index (χ4n) is 14.7. The third kappa shape index (κ3) is 19.5. The summed E-state index contributed by atoms with van der Waals surface area (Å²) in [5.74, 6) is -12.4. The lowest BCUT2D eigenvalue weighted by Crippen LogP contribution is -2.64. The zero-order valence-electron chi connectivity index (χ0n) is 65.3. The van der Waals surface area contributed by atoms with E-state index in [1.54, 1.807) is 36.4 Å². The predicted molar refractivity (Wildman–Crippen MR) is 426 cm³/mol. The molecule has 9 amide bonds. The first-order chi connectivity index (χ1) is 57.1. The van der Waals surface area contributed by atoms with E-state index >= 15 is 19.2 Å². The van der Waals surface area contributed by atoms with Crippen molar-refractivity contribution >= 4 is 64.8 Å². The highest BCUT2D eigenvalue weighted by molar-refractivity contribution is 6.32. The zero-order valence-corrected chi connectivity index (χ0v) is 66.1. The lowest BCUT2D eigenvalue weighted by atomic mass is 9.86. The molecule has 3 unspecified atom stereocenters. The van der Waals surface area contributed by atoms with Crippen molar-refractivity contribution in [2.45, 2.75) is 163 Å². The van der Waals surface area contributed by atoms with Crippen LogP contribution in [0.25, 0.3) is 22.3 Å². The molecule has 120 heavy (non-hydrogen) atoms. The number of hydrogen-bond acceptors (Lipinski definition) is 26. The Kier molecular flexibility index (Phi) is 27.0. The van der Waals surface area contributed by atoms with Gasteiger partial charge in [0, 0.05) is 53.4 Å². The van der Waals surface area contributed by atoms with E-state index in [1.807, 2.05) is 26.0 Å². The summed E-state index contributed by atoms with van der Waals surface area (Å²) in [5.41, 5.74) is 11.3. The van der Waals surface area contributed by atoms with Gasteiger partial charge in [-0.3, -0.25) is 43.2 Å². The molecule has 7 aliphatic rings. The van der Waals surface area contributed by atoms with Crippen LogP contribution in [0, 0.1) is 18.3 Å². The van der Waals surface area contributed by atoms with Crippen LogP contribution in [-0.4, -0.2) is 205 Å². The molecular weight excluding hydrogens is 1580 g/mol.